The molecule has 132 valence electrons. The number of rotatable bonds is 6. The third-order valence-electron chi connectivity index (χ3n) is 4.39. The van der Waals surface area contributed by atoms with E-state index in [0.717, 1.165) is 38.9 Å². The van der Waals surface area contributed by atoms with Gasteiger partial charge in [-0.15, -0.1) is 0 Å². The van der Waals surface area contributed by atoms with Crippen LogP contribution in [-0.2, 0) is 9.47 Å². The number of urea groups is 1. The summed E-state index contributed by atoms with van der Waals surface area (Å²) < 4.78 is 16.6. The van der Waals surface area contributed by atoms with Gasteiger partial charge in [0.05, 0.1) is 19.3 Å². The Morgan fingerprint density at radius 2 is 1.96 bits per heavy atom. The summed E-state index contributed by atoms with van der Waals surface area (Å²) in [5.41, 5.74) is 0.565. The molecule has 0 spiro atoms. The van der Waals surface area contributed by atoms with Crippen molar-refractivity contribution in [2.45, 2.75) is 37.9 Å². The molecule has 7 heteroatoms. The summed E-state index contributed by atoms with van der Waals surface area (Å²) in [6.45, 7) is 2.70. The number of nitrogens with zero attached hydrogens (tertiary/aromatic N) is 2. The lowest BCUT2D eigenvalue weighted by molar-refractivity contribution is 0.0524. The highest BCUT2D eigenvalue weighted by Crippen LogP contribution is 2.22. The van der Waals surface area contributed by atoms with Crippen molar-refractivity contribution in [1.82, 2.24) is 9.88 Å². The highest BCUT2D eigenvalue weighted by Gasteiger charge is 2.27. The Morgan fingerprint density at radius 1 is 1.29 bits per heavy atom. The summed E-state index contributed by atoms with van der Waals surface area (Å²) in [5, 5.41) is 2.90. The Labute approximate surface area is 142 Å². The van der Waals surface area contributed by atoms with Crippen molar-refractivity contribution in [2.24, 2.45) is 0 Å². The summed E-state index contributed by atoms with van der Waals surface area (Å²) in [6.07, 6.45) is 5.93. The third-order valence-corrected chi connectivity index (χ3v) is 4.39. The highest BCUT2D eigenvalue weighted by molar-refractivity contribution is 5.90. The largest absolute Gasteiger partial charge is 0.480 e. The van der Waals surface area contributed by atoms with Crippen LogP contribution in [0.1, 0.15) is 25.7 Å². The van der Waals surface area contributed by atoms with Crippen molar-refractivity contribution in [2.75, 3.05) is 38.7 Å². The molecule has 2 atom stereocenters. The van der Waals surface area contributed by atoms with Crippen LogP contribution in [0.15, 0.2) is 18.3 Å². The van der Waals surface area contributed by atoms with Crippen molar-refractivity contribution in [3.63, 3.8) is 0 Å². The van der Waals surface area contributed by atoms with Gasteiger partial charge in [-0.1, -0.05) is 0 Å². The lowest BCUT2D eigenvalue weighted by atomic mass is 10.2. The number of pyridine rings is 1. The van der Waals surface area contributed by atoms with Crippen molar-refractivity contribution in [3.05, 3.63) is 18.3 Å². The number of hydrogen-bond donors (Lipinski definition) is 1. The standard InChI is InChI=1S/C17H25N3O4/c1-22-16-15(7-2-8-18-16)19-17(21)20(11-13-5-3-9-23-13)12-14-6-4-10-24-14/h2,7-8,13-14H,3-6,9-12H2,1H3,(H,19,21)/t13-,14-/m0/s1. The number of carbonyl (C=O) groups is 1. The Morgan fingerprint density at radius 3 is 2.50 bits per heavy atom. The molecule has 1 aromatic heterocycles. The molecule has 2 amide bonds. The quantitative estimate of drug-likeness (QED) is 0.863. The van der Waals surface area contributed by atoms with Crippen LogP contribution in [0.4, 0.5) is 10.5 Å². The van der Waals surface area contributed by atoms with Gasteiger partial charge in [-0.3, -0.25) is 0 Å². The van der Waals surface area contributed by atoms with Gasteiger partial charge in [-0.25, -0.2) is 9.78 Å². The first-order chi connectivity index (χ1) is 11.8. The molecule has 1 N–H and O–H groups in total. The SMILES string of the molecule is COc1ncccc1NC(=O)N(C[C@@H]1CCCO1)C[C@@H]1CCCO1. The first-order valence-electron chi connectivity index (χ1n) is 8.54. The fourth-order valence-electron chi connectivity index (χ4n) is 3.15. The molecule has 1 aromatic rings. The molecule has 0 radical (unpaired) electrons. The van der Waals surface area contributed by atoms with Crippen LogP contribution in [0.2, 0.25) is 0 Å². The summed E-state index contributed by atoms with van der Waals surface area (Å²) in [5.74, 6) is 0.403. The second-order valence-electron chi connectivity index (χ2n) is 6.17. The van der Waals surface area contributed by atoms with Crippen LogP contribution < -0.4 is 10.1 Å². The molecule has 2 saturated heterocycles. The summed E-state index contributed by atoms with van der Waals surface area (Å²) in [7, 11) is 1.54. The van der Waals surface area contributed by atoms with Gasteiger partial charge in [-0.2, -0.15) is 0 Å². The lowest BCUT2D eigenvalue weighted by Gasteiger charge is -2.28. The van der Waals surface area contributed by atoms with Gasteiger partial charge in [0.15, 0.2) is 0 Å². The number of nitrogens with one attached hydrogen (secondary N) is 1. The first kappa shape index (κ1) is 17.0. The first-order valence-corrected chi connectivity index (χ1v) is 8.54. The number of hydrogen-bond acceptors (Lipinski definition) is 5. The van der Waals surface area contributed by atoms with Crippen molar-refractivity contribution >= 4 is 11.7 Å². The average molecular weight is 335 g/mol. The molecular weight excluding hydrogens is 310 g/mol. The number of carbonyl (C=O) groups excluding carboxylic acids is 1. The maximum absolute atomic E-state index is 12.8. The van der Waals surface area contributed by atoms with Gasteiger partial charge in [0.2, 0.25) is 5.88 Å². The number of methoxy groups -OCH3 is 1. The molecule has 0 saturated carbocycles. The summed E-state index contributed by atoms with van der Waals surface area (Å²) >= 11 is 0. The van der Waals surface area contributed by atoms with Crippen LogP contribution in [0.5, 0.6) is 5.88 Å². The van der Waals surface area contributed by atoms with E-state index in [-0.39, 0.29) is 18.2 Å². The van der Waals surface area contributed by atoms with Crippen LogP contribution in [0.3, 0.4) is 0 Å². The monoisotopic (exact) mass is 335 g/mol. The molecular formula is C17H25N3O4. The van der Waals surface area contributed by atoms with Crippen molar-refractivity contribution < 1.29 is 19.0 Å². The molecule has 7 nitrogen and oxygen atoms in total. The van der Waals surface area contributed by atoms with Gasteiger partial charge in [0, 0.05) is 32.5 Å². The minimum atomic E-state index is -0.174. The normalized spacial score (nSPS) is 23.2. The van der Waals surface area contributed by atoms with E-state index < -0.39 is 0 Å². The minimum absolute atomic E-state index is 0.105. The van der Waals surface area contributed by atoms with E-state index in [0.29, 0.717) is 24.7 Å². The van der Waals surface area contributed by atoms with Crippen LogP contribution in [0, 0.1) is 0 Å². The highest BCUT2D eigenvalue weighted by atomic mass is 16.5. The Hall–Kier alpha value is -1.86. The van der Waals surface area contributed by atoms with E-state index in [2.05, 4.69) is 10.3 Å². The molecule has 2 aliphatic heterocycles. The fourth-order valence-corrected chi connectivity index (χ4v) is 3.15. The van der Waals surface area contributed by atoms with E-state index in [1.807, 2.05) is 0 Å². The van der Waals surface area contributed by atoms with Gasteiger partial charge in [0.1, 0.15) is 5.69 Å². The van der Waals surface area contributed by atoms with Crippen molar-refractivity contribution in [1.29, 1.82) is 0 Å². The summed E-state index contributed by atoms with van der Waals surface area (Å²) in [6, 6.07) is 3.37. The second-order valence-corrected chi connectivity index (χ2v) is 6.17. The Bertz CT molecular complexity index is 524. The molecule has 2 aliphatic rings. The topological polar surface area (TPSA) is 72.9 Å². The van der Waals surface area contributed by atoms with E-state index in [1.165, 1.54) is 7.11 Å². The predicted molar refractivity (Wildman–Crippen MR) is 89.3 cm³/mol. The molecule has 3 rings (SSSR count). The Balaban J connectivity index is 1.66. The van der Waals surface area contributed by atoms with Gasteiger partial charge in [-0.05, 0) is 37.8 Å². The average Bonchev–Trinajstić information content (AvgIpc) is 3.28. The van der Waals surface area contributed by atoms with Crippen LogP contribution in [0.25, 0.3) is 0 Å². The van der Waals surface area contributed by atoms with Gasteiger partial charge < -0.3 is 24.4 Å². The molecule has 0 bridgehead atoms. The molecule has 0 unspecified atom stereocenters. The number of aromatic nitrogens is 1. The zero-order valence-corrected chi connectivity index (χ0v) is 14.1. The van der Waals surface area contributed by atoms with Gasteiger partial charge >= 0.3 is 6.03 Å². The maximum atomic E-state index is 12.8. The zero-order chi connectivity index (χ0) is 16.8. The number of anilines is 1. The van der Waals surface area contributed by atoms with E-state index in [4.69, 9.17) is 14.2 Å². The second kappa shape index (κ2) is 8.30. The third kappa shape index (κ3) is 4.36. The predicted octanol–water partition coefficient (Wildman–Crippen LogP) is 2.28. The molecule has 0 aliphatic carbocycles. The molecule has 0 aromatic carbocycles. The smallest absolute Gasteiger partial charge is 0.322 e. The van der Waals surface area contributed by atoms with Gasteiger partial charge in [0.25, 0.3) is 0 Å². The molecule has 3 heterocycles. The van der Waals surface area contributed by atoms with Crippen LogP contribution in [-0.4, -0.2) is 61.5 Å². The molecule has 24 heavy (non-hydrogen) atoms. The number of amides is 2. The minimum Gasteiger partial charge on any atom is -0.480 e. The maximum Gasteiger partial charge on any atom is 0.322 e. The van der Waals surface area contributed by atoms with E-state index in [1.54, 1.807) is 23.2 Å². The zero-order valence-electron chi connectivity index (χ0n) is 14.1. The Kier molecular flexibility index (Phi) is 5.87. The molecule has 2 fully saturated rings. The van der Waals surface area contributed by atoms with Crippen molar-refractivity contribution in [3.8, 4) is 5.88 Å². The van der Waals surface area contributed by atoms with E-state index >= 15 is 0 Å². The van der Waals surface area contributed by atoms with E-state index in [9.17, 15) is 4.79 Å². The van der Waals surface area contributed by atoms with Crippen LogP contribution >= 0.6 is 0 Å². The fraction of sp³-hybridized carbons (Fsp3) is 0.647. The number of ether oxygens (including phenoxy) is 3. The summed E-state index contributed by atoms with van der Waals surface area (Å²) in [4.78, 5) is 18.7. The lowest BCUT2D eigenvalue weighted by Crippen LogP contribution is -2.44.